The van der Waals surface area contributed by atoms with Crippen molar-refractivity contribution < 1.29 is 19.1 Å². The summed E-state index contributed by atoms with van der Waals surface area (Å²) in [6.45, 7) is 3.57. The molecule has 0 bridgehead atoms. The van der Waals surface area contributed by atoms with E-state index in [0.29, 0.717) is 22.6 Å². The molecule has 2 aromatic carbocycles. The molecule has 0 saturated carbocycles. The quantitative estimate of drug-likeness (QED) is 0.649. The lowest BCUT2D eigenvalue weighted by atomic mass is 10.1. The van der Waals surface area contributed by atoms with Gasteiger partial charge < -0.3 is 15.4 Å². The average molecular weight is 381 g/mol. The zero-order chi connectivity index (χ0) is 20.3. The van der Waals surface area contributed by atoms with Crippen molar-refractivity contribution in [2.24, 2.45) is 0 Å². The molecule has 7 nitrogen and oxygen atoms in total. The van der Waals surface area contributed by atoms with E-state index in [1.54, 1.807) is 60.4 Å². The largest absolute Gasteiger partial charge is 0.465 e. The molecule has 1 aliphatic rings. The number of nitrogens with zero attached hydrogens (tertiary/aromatic N) is 2. The number of ether oxygens (including phenoxy) is 1. The van der Waals surface area contributed by atoms with Crippen LogP contribution < -0.4 is 15.5 Å². The smallest absolute Gasteiger partial charge is 0.326 e. The first-order chi connectivity index (χ1) is 13.4. The van der Waals surface area contributed by atoms with Crippen LogP contribution in [-0.2, 0) is 14.3 Å². The Labute approximate surface area is 163 Å². The van der Waals surface area contributed by atoms with Gasteiger partial charge in [0, 0.05) is 23.7 Å². The summed E-state index contributed by atoms with van der Waals surface area (Å²) in [5.41, 5.74) is 7.85. The fraction of sp³-hybridized carbons (Fsp3) is 0.286. The molecule has 2 aromatic rings. The Balaban J connectivity index is 2.03. The maximum absolute atomic E-state index is 13.2. The zero-order valence-electron chi connectivity index (χ0n) is 15.9. The van der Waals surface area contributed by atoms with Gasteiger partial charge in [-0.2, -0.15) is 0 Å². The van der Waals surface area contributed by atoms with E-state index in [1.807, 2.05) is 6.92 Å². The van der Waals surface area contributed by atoms with E-state index in [-0.39, 0.29) is 37.4 Å². The van der Waals surface area contributed by atoms with Gasteiger partial charge in [0.05, 0.1) is 18.0 Å². The van der Waals surface area contributed by atoms with Crippen LogP contribution in [0.15, 0.2) is 48.5 Å². The Hall–Kier alpha value is -3.35. The van der Waals surface area contributed by atoms with Gasteiger partial charge in [0.1, 0.15) is 6.54 Å². The first-order valence-corrected chi connectivity index (χ1v) is 9.16. The van der Waals surface area contributed by atoms with E-state index >= 15 is 0 Å². The van der Waals surface area contributed by atoms with Gasteiger partial charge in [0.15, 0.2) is 0 Å². The standard InChI is InChI=1S/C21H23N3O4/c1-3-28-20(26)13-23-17-6-4-5-7-18(17)24(14(2)12-19(23)25)21(27)15-8-10-16(22)11-9-15/h4-11,14H,3,12-13,22H2,1-2H3. The van der Waals surface area contributed by atoms with E-state index in [2.05, 4.69) is 0 Å². The number of nitrogen functional groups attached to an aromatic ring is 1. The van der Waals surface area contributed by atoms with Crippen molar-refractivity contribution >= 4 is 34.8 Å². The number of amides is 2. The average Bonchev–Trinajstić information content (AvgIpc) is 2.76. The normalized spacial score (nSPS) is 16.4. The van der Waals surface area contributed by atoms with Crippen LogP contribution >= 0.6 is 0 Å². The summed E-state index contributed by atoms with van der Waals surface area (Å²) >= 11 is 0. The summed E-state index contributed by atoms with van der Waals surface area (Å²) in [6.07, 6.45) is 0.0921. The summed E-state index contributed by atoms with van der Waals surface area (Å²) in [5.74, 6) is -0.956. The number of benzene rings is 2. The minimum absolute atomic E-state index is 0.0921. The van der Waals surface area contributed by atoms with Crippen molar-refractivity contribution in [3.05, 3.63) is 54.1 Å². The topological polar surface area (TPSA) is 92.9 Å². The van der Waals surface area contributed by atoms with Gasteiger partial charge in [0.2, 0.25) is 5.91 Å². The van der Waals surface area contributed by atoms with Gasteiger partial charge in [-0.1, -0.05) is 12.1 Å². The second kappa shape index (κ2) is 8.12. The minimum atomic E-state index is -0.489. The molecule has 1 atom stereocenters. The molecular weight excluding hydrogens is 358 g/mol. The summed E-state index contributed by atoms with van der Waals surface area (Å²) in [4.78, 5) is 41.1. The molecule has 2 amide bonds. The number of rotatable bonds is 4. The summed E-state index contributed by atoms with van der Waals surface area (Å²) in [7, 11) is 0. The molecule has 0 aliphatic carbocycles. The Morgan fingerprint density at radius 1 is 1.11 bits per heavy atom. The van der Waals surface area contributed by atoms with Crippen molar-refractivity contribution in [3.8, 4) is 0 Å². The first kappa shape index (κ1) is 19.4. The maximum Gasteiger partial charge on any atom is 0.326 e. The summed E-state index contributed by atoms with van der Waals surface area (Å²) < 4.78 is 5.01. The Morgan fingerprint density at radius 2 is 1.75 bits per heavy atom. The molecule has 28 heavy (non-hydrogen) atoms. The monoisotopic (exact) mass is 381 g/mol. The highest BCUT2D eigenvalue weighted by molar-refractivity contribution is 6.12. The van der Waals surface area contributed by atoms with E-state index in [1.165, 1.54) is 4.90 Å². The first-order valence-electron chi connectivity index (χ1n) is 9.16. The molecule has 1 aliphatic heterocycles. The van der Waals surface area contributed by atoms with Crippen molar-refractivity contribution in [3.63, 3.8) is 0 Å². The molecular formula is C21H23N3O4. The fourth-order valence-corrected chi connectivity index (χ4v) is 3.31. The zero-order valence-corrected chi connectivity index (χ0v) is 15.9. The SMILES string of the molecule is CCOC(=O)CN1C(=O)CC(C)N(C(=O)c2ccc(N)cc2)c2ccccc21. The molecule has 0 spiro atoms. The minimum Gasteiger partial charge on any atom is -0.465 e. The Kier molecular flexibility index (Phi) is 5.63. The predicted octanol–water partition coefficient (Wildman–Crippen LogP) is 2.60. The van der Waals surface area contributed by atoms with E-state index < -0.39 is 5.97 Å². The van der Waals surface area contributed by atoms with Crippen molar-refractivity contribution in [1.82, 2.24) is 0 Å². The number of carbonyl (C=O) groups is 3. The van der Waals surface area contributed by atoms with Crippen molar-refractivity contribution in [1.29, 1.82) is 0 Å². The van der Waals surface area contributed by atoms with E-state index in [9.17, 15) is 14.4 Å². The molecule has 2 N–H and O–H groups in total. The number of carbonyl (C=O) groups excluding carboxylic acids is 3. The third kappa shape index (κ3) is 3.83. The van der Waals surface area contributed by atoms with Crippen LogP contribution in [0, 0.1) is 0 Å². The van der Waals surface area contributed by atoms with Gasteiger partial charge in [-0.05, 0) is 50.2 Å². The molecule has 7 heteroatoms. The van der Waals surface area contributed by atoms with Crippen molar-refractivity contribution in [2.75, 3.05) is 28.7 Å². The Bertz CT molecular complexity index is 895. The lowest BCUT2D eigenvalue weighted by Crippen LogP contribution is -2.40. The van der Waals surface area contributed by atoms with Crippen LogP contribution in [0.4, 0.5) is 17.1 Å². The third-order valence-electron chi connectivity index (χ3n) is 4.61. The second-order valence-electron chi connectivity index (χ2n) is 6.62. The number of hydrogen-bond acceptors (Lipinski definition) is 5. The van der Waals surface area contributed by atoms with Crippen LogP contribution in [0.25, 0.3) is 0 Å². The van der Waals surface area contributed by atoms with Crippen LogP contribution in [0.5, 0.6) is 0 Å². The molecule has 0 aromatic heterocycles. The summed E-state index contributed by atoms with van der Waals surface area (Å²) in [5, 5.41) is 0. The molecule has 1 unspecified atom stereocenters. The fourth-order valence-electron chi connectivity index (χ4n) is 3.31. The van der Waals surface area contributed by atoms with Gasteiger partial charge >= 0.3 is 5.97 Å². The molecule has 0 saturated heterocycles. The maximum atomic E-state index is 13.2. The predicted molar refractivity (Wildman–Crippen MR) is 107 cm³/mol. The molecule has 0 radical (unpaired) electrons. The molecule has 0 fully saturated rings. The number of anilines is 3. The second-order valence-corrected chi connectivity index (χ2v) is 6.62. The van der Waals surface area contributed by atoms with Gasteiger partial charge in [0.25, 0.3) is 5.91 Å². The van der Waals surface area contributed by atoms with E-state index in [4.69, 9.17) is 10.5 Å². The molecule has 146 valence electrons. The highest BCUT2D eigenvalue weighted by Gasteiger charge is 2.35. The van der Waals surface area contributed by atoms with Crippen LogP contribution in [0.2, 0.25) is 0 Å². The van der Waals surface area contributed by atoms with Crippen molar-refractivity contribution in [2.45, 2.75) is 26.3 Å². The van der Waals surface area contributed by atoms with Crippen LogP contribution in [0.1, 0.15) is 30.6 Å². The number of esters is 1. The highest BCUT2D eigenvalue weighted by atomic mass is 16.5. The number of nitrogens with two attached hydrogens (primary N) is 1. The van der Waals surface area contributed by atoms with Gasteiger partial charge in [-0.25, -0.2) is 0 Å². The van der Waals surface area contributed by atoms with Gasteiger partial charge in [-0.15, -0.1) is 0 Å². The van der Waals surface area contributed by atoms with E-state index in [0.717, 1.165) is 0 Å². The number of para-hydroxylation sites is 2. The highest BCUT2D eigenvalue weighted by Crippen LogP contribution is 2.36. The molecule has 3 rings (SSSR count). The van der Waals surface area contributed by atoms with Gasteiger partial charge in [-0.3, -0.25) is 19.3 Å². The number of hydrogen-bond donors (Lipinski definition) is 1. The lowest BCUT2D eigenvalue weighted by molar-refractivity contribution is -0.142. The lowest BCUT2D eigenvalue weighted by Gasteiger charge is -2.28. The third-order valence-corrected chi connectivity index (χ3v) is 4.61. The van der Waals surface area contributed by atoms with Crippen LogP contribution in [0.3, 0.4) is 0 Å². The number of fused-ring (bicyclic) bond motifs is 1. The molecule has 1 heterocycles. The summed E-state index contributed by atoms with van der Waals surface area (Å²) in [6, 6.07) is 13.3. The Morgan fingerprint density at radius 3 is 2.39 bits per heavy atom. The van der Waals surface area contributed by atoms with Crippen LogP contribution in [-0.4, -0.2) is 37.0 Å².